The van der Waals surface area contributed by atoms with Crippen molar-refractivity contribution in [3.63, 3.8) is 0 Å². The summed E-state index contributed by atoms with van der Waals surface area (Å²) in [4.78, 5) is 25.3. The first-order valence-electron chi connectivity index (χ1n) is 8.96. The molecular weight excluding hydrogens is 344 g/mol. The third-order valence-electron chi connectivity index (χ3n) is 4.86. The van der Waals surface area contributed by atoms with Crippen LogP contribution in [0.4, 0.5) is 0 Å². The van der Waals surface area contributed by atoms with E-state index in [0.717, 1.165) is 26.1 Å². The lowest BCUT2D eigenvalue weighted by molar-refractivity contribution is -0.126. The van der Waals surface area contributed by atoms with E-state index in [1.165, 1.54) is 12.7 Å². The van der Waals surface area contributed by atoms with Gasteiger partial charge in [0.1, 0.15) is 11.5 Å². The third-order valence-corrected chi connectivity index (χ3v) is 4.86. The molecule has 6 heteroatoms. The molecule has 3 rings (SSSR count). The largest absolute Gasteiger partial charge is 0.496 e. The highest BCUT2D eigenvalue weighted by Crippen LogP contribution is 2.28. The minimum absolute atomic E-state index is 0.0166. The molecule has 1 heterocycles. The molecule has 0 aromatic heterocycles. The maximum Gasteiger partial charge on any atom is 0.258 e. The van der Waals surface area contributed by atoms with Gasteiger partial charge in [0, 0.05) is 25.1 Å². The number of nitrogens with two attached hydrogens (primary N) is 1. The number of nitrogens with zero attached hydrogens (tertiary/aromatic N) is 1. The van der Waals surface area contributed by atoms with Gasteiger partial charge in [0.15, 0.2) is 12.4 Å². The lowest BCUT2D eigenvalue weighted by atomic mass is 10.0. The summed E-state index contributed by atoms with van der Waals surface area (Å²) in [6, 6.07) is 15.1. The quantitative estimate of drug-likeness (QED) is 0.723. The van der Waals surface area contributed by atoms with E-state index in [1.54, 1.807) is 18.2 Å². The summed E-state index contributed by atoms with van der Waals surface area (Å²) in [5.41, 5.74) is 7.29. The molecule has 1 aliphatic heterocycles. The van der Waals surface area contributed by atoms with Crippen LogP contribution >= 0.6 is 0 Å². The predicted molar refractivity (Wildman–Crippen MR) is 102 cm³/mol. The number of hydrogen-bond acceptors (Lipinski definition) is 5. The summed E-state index contributed by atoms with van der Waals surface area (Å²) in [6.07, 6.45) is 0.828. The average molecular weight is 368 g/mol. The van der Waals surface area contributed by atoms with Crippen LogP contribution in [-0.2, 0) is 11.3 Å². The van der Waals surface area contributed by atoms with E-state index in [2.05, 4.69) is 17.0 Å². The average Bonchev–Trinajstić information content (AvgIpc) is 3.14. The number of ether oxygens (including phenoxy) is 2. The van der Waals surface area contributed by atoms with E-state index in [9.17, 15) is 9.59 Å². The number of carbonyl (C=O) groups excluding carboxylic acids is 2. The molecule has 1 saturated heterocycles. The Morgan fingerprint density at radius 2 is 2.07 bits per heavy atom. The number of methoxy groups -OCH3 is 1. The van der Waals surface area contributed by atoms with Crippen LogP contribution in [-0.4, -0.2) is 43.4 Å². The molecule has 27 heavy (non-hydrogen) atoms. The van der Waals surface area contributed by atoms with Crippen LogP contribution in [0.15, 0.2) is 48.5 Å². The highest BCUT2D eigenvalue weighted by atomic mass is 16.5. The second-order valence-corrected chi connectivity index (χ2v) is 6.73. The Labute approximate surface area is 158 Å². The van der Waals surface area contributed by atoms with Crippen LogP contribution in [0, 0.1) is 5.92 Å². The van der Waals surface area contributed by atoms with Crippen LogP contribution in [0.3, 0.4) is 0 Å². The van der Waals surface area contributed by atoms with E-state index < -0.39 is 12.0 Å². The summed E-state index contributed by atoms with van der Waals surface area (Å²) in [5.74, 6) is 0.397. The number of hydrogen-bond donors (Lipinski definition) is 1. The topological polar surface area (TPSA) is 81.9 Å². The Morgan fingerprint density at radius 3 is 2.74 bits per heavy atom. The van der Waals surface area contributed by atoms with Gasteiger partial charge >= 0.3 is 0 Å². The van der Waals surface area contributed by atoms with Crippen molar-refractivity contribution >= 4 is 12.2 Å². The number of rotatable bonds is 8. The number of aldehydes is 1. The van der Waals surface area contributed by atoms with Crippen LogP contribution in [0.5, 0.6) is 11.5 Å². The number of benzene rings is 2. The van der Waals surface area contributed by atoms with E-state index in [4.69, 9.17) is 15.2 Å². The molecule has 2 N–H and O–H groups in total. The molecule has 2 aromatic rings. The summed E-state index contributed by atoms with van der Waals surface area (Å²) in [6.45, 7) is 2.47. The van der Waals surface area contributed by atoms with Crippen molar-refractivity contribution in [1.82, 2.24) is 4.90 Å². The predicted octanol–water partition coefficient (Wildman–Crippen LogP) is 2.26. The zero-order valence-electron chi connectivity index (χ0n) is 15.3. The zero-order chi connectivity index (χ0) is 19.2. The fourth-order valence-electron chi connectivity index (χ4n) is 3.49. The fraction of sp³-hybridized carbons (Fsp3) is 0.333. The summed E-state index contributed by atoms with van der Waals surface area (Å²) < 4.78 is 11.1. The van der Waals surface area contributed by atoms with Gasteiger partial charge in [-0.1, -0.05) is 30.3 Å². The van der Waals surface area contributed by atoms with Gasteiger partial charge in [0.2, 0.25) is 0 Å². The number of amides is 1. The van der Waals surface area contributed by atoms with Crippen LogP contribution in [0.2, 0.25) is 0 Å². The van der Waals surface area contributed by atoms with Gasteiger partial charge in [0.05, 0.1) is 12.7 Å². The number of carbonyl (C=O) groups is 2. The first kappa shape index (κ1) is 18.9. The highest BCUT2D eigenvalue weighted by molar-refractivity contribution is 5.81. The van der Waals surface area contributed by atoms with Crippen molar-refractivity contribution in [2.45, 2.75) is 19.1 Å². The molecule has 1 fully saturated rings. The molecule has 2 aromatic carbocycles. The van der Waals surface area contributed by atoms with Gasteiger partial charge in [-0.15, -0.1) is 0 Å². The summed E-state index contributed by atoms with van der Waals surface area (Å²) >= 11 is 0. The summed E-state index contributed by atoms with van der Waals surface area (Å²) in [7, 11) is 1.48. The van der Waals surface area contributed by atoms with Crippen molar-refractivity contribution in [3.8, 4) is 11.5 Å². The van der Waals surface area contributed by atoms with Crippen molar-refractivity contribution < 1.29 is 19.1 Å². The van der Waals surface area contributed by atoms with Crippen molar-refractivity contribution in [2.24, 2.45) is 11.7 Å². The van der Waals surface area contributed by atoms with Crippen LogP contribution in [0.1, 0.15) is 22.3 Å². The van der Waals surface area contributed by atoms with Gasteiger partial charge in [-0.2, -0.15) is 0 Å². The van der Waals surface area contributed by atoms with E-state index in [1.807, 2.05) is 18.2 Å². The SMILES string of the molecule is COc1cc(OC(C(N)=O)C2CCN(Cc3ccccc3)C2)ccc1C=O. The standard InChI is InChI=1S/C21H24N2O4/c1-26-19-11-18(8-7-17(19)14-24)27-20(21(22)25)16-9-10-23(13-16)12-15-5-3-2-4-6-15/h2-8,11,14,16,20H,9-10,12-13H2,1H3,(H2,22,25). The Balaban J connectivity index is 1.67. The van der Waals surface area contributed by atoms with Gasteiger partial charge < -0.3 is 15.2 Å². The smallest absolute Gasteiger partial charge is 0.258 e. The Bertz CT molecular complexity index is 794. The number of primary amides is 1. The Kier molecular flexibility index (Phi) is 6.08. The van der Waals surface area contributed by atoms with Crippen LogP contribution < -0.4 is 15.2 Å². The first-order valence-corrected chi connectivity index (χ1v) is 8.96. The highest BCUT2D eigenvalue weighted by Gasteiger charge is 2.34. The van der Waals surface area contributed by atoms with Crippen LogP contribution in [0.25, 0.3) is 0 Å². The fourth-order valence-corrected chi connectivity index (χ4v) is 3.49. The van der Waals surface area contributed by atoms with Crippen molar-refractivity contribution in [3.05, 3.63) is 59.7 Å². The minimum Gasteiger partial charge on any atom is -0.496 e. The second kappa shape index (κ2) is 8.68. The number of likely N-dealkylation sites (tertiary alicyclic amines) is 1. The third kappa shape index (κ3) is 4.65. The first-order chi connectivity index (χ1) is 13.1. The van der Waals surface area contributed by atoms with Crippen molar-refractivity contribution in [2.75, 3.05) is 20.2 Å². The maximum atomic E-state index is 12.0. The van der Waals surface area contributed by atoms with Crippen molar-refractivity contribution in [1.29, 1.82) is 0 Å². The Hall–Kier alpha value is -2.86. The maximum absolute atomic E-state index is 12.0. The van der Waals surface area contributed by atoms with Gasteiger partial charge in [-0.3, -0.25) is 14.5 Å². The Morgan fingerprint density at radius 1 is 1.30 bits per heavy atom. The summed E-state index contributed by atoms with van der Waals surface area (Å²) in [5, 5.41) is 0. The lowest BCUT2D eigenvalue weighted by Crippen LogP contribution is -2.41. The van der Waals surface area contributed by atoms with E-state index >= 15 is 0 Å². The monoisotopic (exact) mass is 368 g/mol. The normalized spacial score (nSPS) is 18.0. The zero-order valence-corrected chi connectivity index (χ0v) is 15.3. The molecule has 1 aliphatic rings. The molecular formula is C21H24N2O4. The minimum atomic E-state index is -0.724. The molecule has 2 unspecified atom stereocenters. The van der Waals surface area contributed by atoms with Gasteiger partial charge in [-0.25, -0.2) is 0 Å². The molecule has 142 valence electrons. The molecule has 0 saturated carbocycles. The molecule has 2 atom stereocenters. The molecule has 0 radical (unpaired) electrons. The molecule has 0 bridgehead atoms. The molecule has 0 spiro atoms. The van der Waals surface area contributed by atoms with Gasteiger partial charge in [-0.05, 0) is 30.7 Å². The molecule has 1 amide bonds. The van der Waals surface area contributed by atoms with Gasteiger partial charge in [0.25, 0.3) is 5.91 Å². The second-order valence-electron chi connectivity index (χ2n) is 6.73. The molecule has 0 aliphatic carbocycles. The van der Waals surface area contributed by atoms with E-state index in [0.29, 0.717) is 23.3 Å². The van der Waals surface area contributed by atoms with E-state index in [-0.39, 0.29) is 5.92 Å². The lowest BCUT2D eigenvalue weighted by Gasteiger charge is -2.23. The molecule has 6 nitrogen and oxygen atoms in total.